The predicted molar refractivity (Wildman–Crippen MR) is 90.6 cm³/mol. The SMILES string of the molecule is O=C(Nc1ccc(CCCl)cc1)c1cc2ccccc2s1. The average molecular weight is 316 g/mol. The number of halogens is 1. The van der Waals surface area contributed by atoms with Gasteiger partial charge >= 0.3 is 0 Å². The lowest BCUT2D eigenvalue weighted by molar-refractivity contribution is 0.103. The van der Waals surface area contributed by atoms with Crippen LogP contribution in [0.3, 0.4) is 0 Å². The highest BCUT2D eigenvalue weighted by Gasteiger charge is 2.10. The molecule has 21 heavy (non-hydrogen) atoms. The number of thiophene rings is 1. The van der Waals surface area contributed by atoms with Crippen LogP contribution in [0.1, 0.15) is 15.2 Å². The number of hydrogen-bond acceptors (Lipinski definition) is 2. The molecule has 0 spiro atoms. The van der Waals surface area contributed by atoms with Crippen molar-refractivity contribution in [2.45, 2.75) is 6.42 Å². The lowest BCUT2D eigenvalue weighted by Crippen LogP contribution is -2.09. The number of hydrogen-bond donors (Lipinski definition) is 1. The van der Waals surface area contributed by atoms with Crippen molar-refractivity contribution in [3.8, 4) is 0 Å². The van der Waals surface area contributed by atoms with Crippen LogP contribution in [0.5, 0.6) is 0 Å². The van der Waals surface area contributed by atoms with Crippen molar-refractivity contribution < 1.29 is 4.79 Å². The zero-order valence-corrected chi connectivity index (χ0v) is 12.9. The van der Waals surface area contributed by atoms with Crippen molar-refractivity contribution in [2.24, 2.45) is 0 Å². The normalized spacial score (nSPS) is 10.7. The predicted octanol–water partition coefficient (Wildman–Crippen LogP) is 4.93. The number of anilines is 1. The van der Waals surface area contributed by atoms with Gasteiger partial charge in [-0.2, -0.15) is 0 Å². The van der Waals surface area contributed by atoms with Crippen LogP contribution in [-0.2, 0) is 6.42 Å². The van der Waals surface area contributed by atoms with E-state index >= 15 is 0 Å². The zero-order chi connectivity index (χ0) is 14.7. The molecule has 1 heterocycles. The minimum Gasteiger partial charge on any atom is -0.321 e. The maximum Gasteiger partial charge on any atom is 0.265 e. The minimum atomic E-state index is -0.0682. The largest absolute Gasteiger partial charge is 0.321 e. The van der Waals surface area contributed by atoms with Gasteiger partial charge in [-0.15, -0.1) is 22.9 Å². The summed E-state index contributed by atoms with van der Waals surface area (Å²) in [4.78, 5) is 13.0. The Bertz CT molecular complexity index is 731. The first-order valence-corrected chi connectivity index (χ1v) is 8.06. The van der Waals surface area contributed by atoms with E-state index in [4.69, 9.17) is 11.6 Å². The lowest BCUT2D eigenvalue weighted by Gasteiger charge is -2.04. The van der Waals surface area contributed by atoms with Gasteiger partial charge in [0, 0.05) is 16.3 Å². The number of nitrogens with one attached hydrogen (secondary N) is 1. The highest BCUT2D eigenvalue weighted by atomic mass is 35.5. The number of fused-ring (bicyclic) bond motifs is 1. The Balaban J connectivity index is 1.76. The van der Waals surface area contributed by atoms with Gasteiger partial charge in [0.15, 0.2) is 0 Å². The van der Waals surface area contributed by atoms with Gasteiger partial charge in [0.1, 0.15) is 0 Å². The van der Waals surface area contributed by atoms with Gasteiger partial charge in [0.25, 0.3) is 5.91 Å². The summed E-state index contributed by atoms with van der Waals surface area (Å²) in [5.41, 5.74) is 1.97. The van der Waals surface area contributed by atoms with E-state index in [1.165, 1.54) is 16.9 Å². The first-order chi connectivity index (χ1) is 10.3. The van der Waals surface area contributed by atoms with Gasteiger partial charge in [-0.05, 0) is 41.6 Å². The molecule has 106 valence electrons. The van der Waals surface area contributed by atoms with Gasteiger partial charge in [-0.3, -0.25) is 4.79 Å². The molecule has 1 aromatic heterocycles. The fourth-order valence-corrected chi connectivity index (χ4v) is 3.33. The van der Waals surface area contributed by atoms with Crippen LogP contribution in [0, 0.1) is 0 Å². The zero-order valence-electron chi connectivity index (χ0n) is 11.3. The summed E-state index contributed by atoms with van der Waals surface area (Å²) in [6.07, 6.45) is 0.839. The molecule has 0 saturated carbocycles. The van der Waals surface area contributed by atoms with Gasteiger partial charge < -0.3 is 5.32 Å². The third-order valence-corrected chi connectivity index (χ3v) is 4.55. The third-order valence-electron chi connectivity index (χ3n) is 3.24. The van der Waals surface area contributed by atoms with Gasteiger partial charge in [0.05, 0.1) is 4.88 Å². The van der Waals surface area contributed by atoms with E-state index in [0.717, 1.165) is 27.1 Å². The number of aryl methyl sites for hydroxylation is 1. The van der Waals surface area contributed by atoms with Crippen LogP contribution in [-0.4, -0.2) is 11.8 Å². The Labute approximate surface area is 132 Å². The van der Waals surface area contributed by atoms with Crippen LogP contribution in [0.25, 0.3) is 10.1 Å². The summed E-state index contributed by atoms with van der Waals surface area (Å²) in [7, 11) is 0. The van der Waals surface area contributed by atoms with E-state index in [9.17, 15) is 4.79 Å². The average Bonchev–Trinajstić information content (AvgIpc) is 2.94. The van der Waals surface area contributed by atoms with Crippen molar-refractivity contribution in [1.82, 2.24) is 0 Å². The summed E-state index contributed by atoms with van der Waals surface area (Å²) >= 11 is 7.22. The Morgan fingerprint density at radius 2 is 1.86 bits per heavy atom. The van der Waals surface area contributed by atoms with Crippen LogP contribution in [0.4, 0.5) is 5.69 Å². The van der Waals surface area contributed by atoms with Crippen molar-refractivity contribution in [3.05, 3.63) is 65.0 Å². The first kappa shape index (κ1) is 14.1. The summed E-state index contributed by atoms with van der Waals surface area (Å²) in [6.45, 7) is 0. The molecule has 3 rings (SSSR count). The third kappa shape index (κ3) is 3.26. The van der Waals surface area contributed by atoms with Crippen molar-refractivity contribution in [3.63, 3.8) is 0 Å². The topological polar surface area (TPSA) is 29.1 Å². The summed E-state index contributed by atoms with van der Waals surface area (Å²) in [5.74, 6) is 0.536. The molecule has 0 atom stereocenters. The summed E-state index contributed by atoms with van der Waals surface area (Å²) in [6, 6.07) is 17.7. The molecule has 1 amide bonds. The van der Waals surface area contributed by atoms with Crippen LogP contribution >= 0.6 is 22.9 Å². The van der Waals surface area contributed by atoms with E-state index in [1.807, 2.05) is 54.6 Å². The molecule has 0 fully saturated rings. The standard InChI is InChI=1S/C17H14ClNOS/c18-10-9-12-5-7-14(8-6-12)19-17(20)16-11-13-3-1-2-4-15(13)21-16/h1-8,11H,9-10H2,(H,19,20). The minimum absolute atomic E-state index is 0.0682. The summed E-state index contributed by atoms with van der Waals surface area (Å²) < 4.78 is 1.13. The van der Waals surface area contributed by atoms with Crippen LogP contribution < -0.4 is 5.32 Å². The Morgan fingerprint density at radius 1 is 1.10 bits per heavy atom. The quantitative estimate of drug-likeness (QED) is 0.679. The van der Waals surface area contributed by atoms with Gasteiger partial charge in [-0.25, -0.2) is 0 Å². The fourth-order valence-electron chi connectivity index (χ4n) is 2.15. The molecule has 0 bridgehead atoms. The number of amides is 1. The van der Waals surface area contributed by atoms with E-state index in [-0.39, 0.29) is 5.91 Å². The summed E-state index contributed by atoms with van der Waals surface area (Å²) in [5, 5.41) is 4.03. The molecule has 4 heteroatoms. The molecule has 2 nitrogen and oxygen atoms in total. The Hall–Kier alpha value is -1.84. The molecule has 0 aliphatic rings. The maximum absolute atomic E-state index is 12.3. The molecule has 0 aliphatic carbocycles. The smallest absolute Gasteiger partial charge is 0.265 e. The molecule has 3 aromatic rings. The Kier molecular flexibility index (Phi) is 4.23. The number of alkyl halides is 1. The van der Waals surface area contributed by atoms with Crippen molar-refractivity contribution >= 4 is 44.6 Å². The van der Waals surface area contributed by atoms with E-state index < -0.39 is 0 Å². The second kappa shape index (κ2) is 6.29. The highest BCUT2D eigenvalue weighted by Crippen LogP contribution is 2.26. The number of benzene rings is 2. The van der Waals surface area contributed by atoms with E-state index in [1.54, 1.807) is 0 Å². The van der Waals surface area contributed by atoms with Crippen LogP contribution in [0.15, 0.2) is 54.6 Å². The second-order valence-electron chi connectivity index (χ2n) is 4.74. The molecule has 0 saturated heterocycles. The molecule has 1 N–H and O–H groups in total. The molecule has 0 unspecified atom stereocenters. The van der Waals surface area contributed by atoms with E-state index in [0.29, 0.717) is 5.88 Å². The van der Waals surface area contributed by atoms with Crippen LogP contribution in [0.2, 0.25) is 0 Å². The monoisotopic (exact) mass is 315 g/mol. The van der Waals surface area contributed by atoms with Gasteiger partial charge in [0.2, 0.25) is 0 Å². The Morgan fingerprint density at radius 3 is 2.57 bits per heavy atom. The number of rotatable bonds is 4. The molecule has 0 aliphatic heterocycles. The second-order valence-corrected chi connectivity index (χ2v) is 6.20. The molecular formula is C17H14ClNOS. The lowest BCUT2D eigenvalue weighted by atomic mass is 10.1. The maximum atomic E-state index is 12.3. The molecule has 2 aromatic carbocycles. The molecule has 0 radical (unpaired) electrons. The number of carbonyl (C=O) groups is 1. The van der Waals surface area contributed by atoms with Crippen molar-refractivity contribution in [1.29, 1.82) is 0 Å². The first-order valence-electron chi connectivity index (χ1n) is 6.71. The fraction of sp³-hybridized carbons (Fsp3) is 0.118. The number of carbonyl (C=O) groups excluding carboxylic acids is 1. The van der Waals surface area contributed by atoms with E-state index in [2.05, 4.69) is 5.32 Å². The molecular weight excluding hydrogens is 302 g/mol. The van der Waals surface area contributed by atoms with Gasteiger partial charge in [-0.1, -0.05) is 30.3 Å². The highest BCUT2D eigenvalue weighted by molar-refractivity contribution is 7.20. The van der Waals surface area contributed by atoms with Crippen molar-refractivity contribution in [2.75, 3.05) is 11.2 Å².